The molecule has 2 N–H and O–H groups in total. The molecule has 0 atom stereocenters. The first kappa shape index (κ1) is 16.7. The molecule has 2 aromatic rings. The van der Waals surface area contributed by atoms with Crippen molar-refractivity contribution in [3.63, 3.8) is 0 Å². The van der Waals surface area contributed by atoms with Gasteiger partial charge >= 0.3 is 0 Å². The van der Waals surface area contributed by atoms with E-state index >= 15 is 0 Å². The van der Waals surface area contributed by atoms with E-state index in [1.165, 1.54) is 11.1 Å². The number of hydrogen-bond donors (Lipinski definition) is 2. The van der Waals surface area contributed by atoms with Crippen molar-refractivity contribution >= 4 is 40.5 Å². The largest absolute Gasteiger partial charge is 0.385 e. The molecule has 1 amide bonds. The summed E-state index contributed by atoms with van der Waals surface area (Å²) in [7, 11) is 0. The SMILES string of the molecule is Cc1cc(C)cc(NCCC(=O)Nc2cc(Cl)ccc2Cl)c1. The smallest absolute Gasteiger partial charge is 0.226 e. The van der Waals surface area contributed by atoms with Gasteiger partial charge in [0.25, 0.3) is 0 Å². The summed E-state index contributed by atoms with van der Waals surface area (Å²) in [4.78, 5) is 11.9. The van der Waals surface area contributed by atoms with E-state index in [0.29, 0.717) is 28.7 Å². The summed E-state index contributed by atoms with van der Waals surface area (Å²) < 4.78 is 0. The number of anilines is 2. The fraction of sp³-hybridized carbons (Fsp3) is 0.235. The van der Waals surface area contributed by atoms with Crippen molar-refractivity contribution in [2.24, 2.45) is 0 Å². The van der Waals surface area contributed by atoms with E-state index in [-0.39, 0.29) is 5.91 Å². The Hall–Kier alpha value is -1.71. The second-order valence-corrected chi connectivity index (χ2v) is 6.07. The van der Waals surface area contributed by atoms with Gasteiger partial charge in [0.05, 0.1) is 10.7 Å². The minimum atomic E-state index is -0.110. The number of nitrogens with one attached hydrogen (secondary N) is 2. The van der Waals surface area contributed by atoms with E-state index in [2.05, 4.69) is 28.8 Å². The van der Waals surface area contributed by atoms with Crippen LogP contribution in [0.5, 0.6) is 0 Å². The van der Waals surface area contributed by atoms with Gasteiger partial charge in [0.1, 0.15) is 0 Å². The van der Waals surface area contributed by atoms with Gasteiger partial charge in [-0.2, -0.15) is 0 Å². The third-order valence-corrected chi connectivity index (χ3v) is 3.67. The predicted molar refractivity (Wildman–Crippen MR) is 94.1 cm³/mol. The molecule has 0 bridgehead atoms. The van der Waals surface area contributed by atoms with Gasteiger partial charge in [-0.3, -0.25) is 4.79 Å². The van der Waals surface area contributed by atoms with E-state index in [1.807, 2.05) is 13.8 Å². The molecule has 2 aromatic carbocycles. The second kappa shape index (κ2) is 7.52. The highest BCUT2D eigenvalue weighted by atomic mass is 35.5. The molecule has 0 aliphatic rings. The van der Waals surface area contributed by atoms with Gasteiger partial charge in [0, 0.05) is 23.7 Å². The van der Waals surface area contributed by atoms with Gasteiger partial charge in [-0.15, -0.1) is 0 Å². The maximum absolute atomic E-state index is 11.9. The predicted octanol–water partition coefficient (Wildman–Crippen LogP) is 5.05. The molecule has 116 valence electrons. The number of hydrogen-bond acceptors (Lipinski definition) is 2. The summed E-state index contributed by atoms with van der Waals surface area (Å²) in [6, 6.07) is 11.2. The van der Waals surface area contributed by atoms with Crippen LogP contribution in [0, 0.1) is 13.8 Å². The molecule has 0 unspecified atom stereocenters. The number of aryl methyl sites for hydroxylation is 2. The molecule has 22 heavy (non-hydrogen) atoms. The lowest BCUT2D eigenvalue weighted by Crippen LogP contribution is -2.16. The van der Waals surface area contributed by atoms with E-state index in [9.17, 15) is 4.79 Å². The topological polar surface area (TPSA) is 41.1 Å². The van der Waals surface area contributed by atoms with Crippen molar-refractivity contribution < 1.29 is 4.79 Å². The first-order valence-electron chi connectivity index (χ1n) is 7.01. The van der Waals surface area contributed by atoms with Crippen LogP contribution < -0.4 is 10.6 Å². The van der Waals surface area contributed by atoms with Gasteiger partial charge in [0.15, 0.2) is 0 Å². The zero-order valence-corrected chi connectivity index (χ0v) is 14.1. The van der Waals surface area contributed by atoms with Crippen LogP contribution in [-0.4, -0.2) is 12.5 Å². The average Bonchev–Trinajstić information content (AvgIpc) is 2.42. The van der Waals surface area contributed by atoms with Crippen LogP contribution in [0.15, 0.2) is 36.4 Å². The van der Waals surface area contributed by atoms with E-state index in [1.54, 1.807) is 18.2 Å². The summed E-state index contributed by atoms with van der Waals surface area (Å²) >= 11 is 11.9. The van der Waals surface area contributed by atoms with Crippen molar-refractivity contribution in [1.29, 1.82) is 0 Å². The molecule has 0 radical (unpaired) electrons. The number of carbonyl (C=O) groups is 1. The van der Waals surface area contributed by atoms with Crippen LogP contribution in [0.4, 0.5) is 11.4 Å². The van der Waals surface area contributed by atoms with Crippen molar-refractivity contribution in [2.75, 3.05) is 17.2 Å². The van der Waals surface area contributed by atoms with E-state index in [4.69, 9.17) is 23.2 Å². The first-order chi connectivity index (χ1) is 10.4. The number of halogens is 2. The minimum absolute atomic E-state index is 0.110. The number of benzene rings is 2. The molecule has 0 fully saturated rings. The second-order valence-electron chi connectivity index (χ2n) is 5.23. The normalized spacial score (nSPS) is 10.4. The highest BCUT2D eigenvalue weighted by Gasteiger charge is 2.06. The van der Waals surface area contributed by atoms with Gasteiger partial charge in [0.2, 0.25) is 5.91 Å². The van der Waals surface area contributed by atoms with Crippen molar-refractivity contribution in [3.05, 3.63) is 57.6 Å². The summed E-state index contributed by atoms with van der Waals surface area (Å²) in [5.74, 6) is -0.110. The van der Waals surface area contributed by atoms with Crippen LogP contribution in [0.25, 0.3) is 0 Å². The molecule has 5 heteroatoms. The van der Waals surface area contributed by atoms with E-state index < -0.39 is 0 Å². The molecule has 0 saturated heterocycles. The highest BCUT2D eigenvalue weighted by Crippen LogP contribution is 2.25. The van der Waals surface area contributed by atoms with Gasteiger partial charge in [-0.25, -0.2) is 0 Å². The first-order valence-corrected chi connectivity index (χ1v) is 7.77. The molecule has 0 saturated carbocycles. The molecular weight excluding hydrogens is 319 g/mol. The number of rotatable bonds is 5. The fourth-order valence-corrected chi connectivity index (χ4v) is 2.54. The van der Waals surface area contributed by atoms with Crippen LogP contribution >= 0.6 is 23.2 Å². The molecular formula is C17H18Cl2N2O. The maximum atomic E-state index is 11.9. The average molecular weight is 337 g/mol. The molecule has 2 rings (SSSR count). The Morgan fingerprint density at radius 1 is 1.05 bits per heavy atom. The van der Waals surface area contributed by atoms with Crippen molar-refractivity contribution in [1.82, 2.24) is 0 Å². The van der Waals surface area contributed by atoms with Crippen molar-refractivity contribution in [2.45, 2.75) is 20.3 Å². The summed E-state index contributed by atoms with van der Waals surface area (Å²) in [5, 5.41) is 7.02. The Morgan fingerprint density at radius 3 is 2.41 bits per heavy atom. The molecule has 0 aliphatic heterocycles. The Labute approximate surface area is 140 Å². The standard InChI is InChI=1S/C17H18Cl2N2O/c1-11-7-12(2)9-14(8-11)20-6-5-17(22)21-16-10-13(18)3-4-15(16)19/h3-4,7-10,20H,5-6H2,1-2H3,(H,21,22). The summed E-state index contributed by atoms with van der Waals surface area (Å²) in [5.41, 5.74) is 3.94. The van der Waals surface area contributed by atoms with Gasteiger partial charge in [-0.05, 0) is 55.3 Å². The molecule has 0 aromatic heterocycles. The number of carbonyl (C=O) groups excluding carboxylic acids is 1. The minimum Gasteiger partial charge on any atom is -0.385 e. The quantitative estimate of drug-likeness (QED) is 0.801. The Balaban J connectivity index is 1.86. The molecule has 3 nitrogen and oxygen atoms in total. The summed E-state index contributed by atoms with van der Waals surface area (Å²) in [6.45, 7) is 4.64. The van der Waals surface area contributed by atoms with Crippen LogP contribution in [0.2, 0.25) is 10.0 Å². The fourth-order valence-electron chi connectivity index (χ4n) is 2.20. The zero-order chi connectivity index (χ0) is 16.1. The lowest BCUT2D eigenvalue weighted by molar-refractivity contribution is -0.115. The maximum Gasteiger partial charge on any atom is 0.226 e. The Kier molecular flexibility index (Phi) is 5.69. The zero-order valence-electron chi connectivity index (χ0n) is 12.5. The number of amides is 1. The molecule has 0 aliphatic carbocycles. The highest BCUT2D eigenvalue weighted by molar-refractivity contribution is 6.35. The third-order valence-electron chi connectivity index (χ3n) is 3.11. The summed E-state index contributed by atoms with van der Waals surface area (Å²) in [6.07, 6.45) is 0.343. The lowest BCUT2D eigenvalue weighted by Gasteiger charge is -2.10. The van der Waals surface area contributed by atoms with E-state index in [0.717, 1.165) is 5.69 Å². The Bertz CT molecular complexity index is 666. The lowest BCUT2D eigenvalue weighted by atomic mass is 10.1. The molecule has 0 spiro atoms. The van der Waals surface area contributed by atoms with Crippen LogP contribution in [-0.2, 0) is 4.79 Å². The third kappa shape index (κ3) is 4.93. The van der Waals surface area contributed by atoms with Gasteiger partial charge < -0.3 is 10.6 Å². The van der Waals surface area contributed by atoms with Crippen LogP contribution in [0.1, 0.15) is 17.5 Å². The molecule has 0 heterocycles. The van der Waals surface area contributed by atoms with Crippen molar-refractivity contribution in [3.8, 4) is 0 Å². The Morgan fingerprint density at radius 2 is 1.73 bits per heavy atom. The van der Waals surface area contributed by atoms with Crippen LogP contribution in [0.3, 0.4) is 0 Å². The monoisotopic (exact) mass is 336 g/mol. The van der Waals surface area contributed by atoms with Gasteiger partial charge in [-0.1, -0.05) is 29.3 Å².